The van der Waals surface area contributed by atoms with Crippen molar-refractivity contribution in [2.75, 3.05) is 0 Å². The lowest BCUT2D eigenvalue weighted by Gasteiger charge is -1.95. The lowest BCUT2D eigenvalue weighted by molar-refractivity contribution is 0.772. The second-order valence-corrected chi connectivity index (χ2v) is 3.02. The van der Waals surface area contributed by atoms with E-state index in [2.05, 4.69) is 20.4 Å². The van der Waals surface area contributed by atoms with Crippen LogP contribution in [0.25, 0.3) is 0 Å². The molecule has 0 aliphatic rings. The highest BCUT2D eigenvalue weighted by molar-refractivity contribution is 5.00. The second kappa shape index (κ2) is 3.89. The summed E-state index contributed by atoms with van der Waals surface area (Å²) < 4.78 is 0. The number of H-pyrrole nitrogens is 2. The van der Waals surface area contributed by atoms with Crippen LogP contribution in [0.1, 0.15) is 17.8 Å². The van der Waals surface area contributed by atoms with Crippen LogP contribution >= 0.6 is 0 Å². The third kappa shape index (κ3) is 2.18. The average Bonchev–Trinajstić information content (AvgIpc) is 2.75. The second-order valence-electron chi connectivity index (χ2n) is 3.02. The zero-order valence-corrected chi connectivity index (χ0v) is 7.33. The van der Waals surface area contributed by atoms with Crippen molar-refractivity contribution in [2.45, 2.75) is 19.3 Å². The molecule has 0 radical (unpaired) electrons. The van der Waals surface area contributed by atoms with Gasteiger partial charge in [0.25, 0.3) is 0 Å². The van der Waals surface area contributed by atoms with E-state index in [0.717, 1.165) is 19.3 Å². The van der Waals surface area contributed by atoms with Crippen LogP contribution < -0.4 is 0 Å². The maximum absolute atomic E-state index is 3.89. The molecule has 0 saturated carbocycles. The summed E-state index contributed by atoms with van der Waals surface area (Å²) in [5.41, 5.74) is 2.39. The lowest BCUT2D eigenvalue weighted by Crippen LogP contribution is -1.90. The number of hydrogen-bond donors (Lipinski definition) is 2. The van der Waals surface area contributed by atoms with Crippen LogP contribution in [0, 0.1) is 0 Å². The van der Waals surface area contributed by atoms with Gasteiger partial charge in [0, 0.05) is 23.8 Å². The quantitative estimate of drug-likeness (QED) is 0.737. The standard InChI is InChI=1S/C9H12N4/c1(2-8-4-6-10-12-8)3-9-5-7-11-13-9/h4-7H,1-3H2,(H,10,12)(H,11,13). The first-order valence-corrected chi connectivity index (χ1v) is 4.41. The molecule has 0 amide bonds. The molecule has 0 bridgehead atoms. The number of hydrogen-bond acceptors (Lipinski definition) is 2. The summed E-state index contributed by atoms with van der Waals surface area (Å²) in [6, 6.07) is 4.01. The summed E-state index contributed by atoms with van der Waals surface area (Å²) >= 11 is 0. The number of aromatic amines is 2. The van der Waals surface area contributed by atoms with Crippen LogP contribution in [0.4, 0.5) is 0 Å². The molecular weight excluding hydrogens is 164 g/mol. The molecule has 4 heteroatoms. The minimum atomic E-state index is 1.04. The van der Waals surface area contributed by atoms with Crippen molar-refractivity contribution < 1.29 is 0 Å². The van der Waals surface area contributed by atoms with Crippen LogP contribution in [-0.4, -0.2) is 20.4 Å². The van der Waals surface area contributed by atoms with E-state index in [9.17, 15) is 0 Å². The molecule has 0 unspecified atom stereocenters. The fraction of sp³-hybridized carbons (Fsp3) is 0.333. The van der Waals surface area contributed by atoms with Crippen molar-refractivity contribution >= 4 is 0 Å². The largest absolute Gasteiger partial charge is 0.283 e. The van der Waals surface area contributed by atoms with Gasteiger partial charge in [0.05, 0.1) is 0 Å². The number of nitrogens with one attached hydrogen (secondary N) is 2. The molecular formula is C9H12N4. The van der Waals surface area contributed by atoms with E-state index in [-0.39, 0.29) is 0 Å². The summed E-state index contributed by atoms with van der Waals surface area (Å²) in [6.07, 6.45) is 6.76. The molecule has 0 aliphatic carbocycles. The maximum Gasteiger partial charge on any atom is 0.0490 e. The highest BCUT2D eigenvalue weighted by atomic mass is 15.1. The monoisotopic (exact) mass is 176 g/mol. The minimum absolute atomic E-state index is 1.04. The van der Waals surface area contributed by atoms with E-state index in [1.165, 1.54) is 11.4 Å². The van der Waals surface area contributed by atoms with Gasteiger partial charge in [-0.1, -0.05) is 0 Å². The Labute approximate surface area is 76.4 Å². The van der Waals surface area contributed by atoms with Crippen LogP contribution in [0.5, 0.6) is 0 Å². The summed E-state index contributed by atoms with van der Waals surface area (Å²) in [5, 5.41) is 13.7. The van der Waals surface area contributed by atoms with Gasteiger partial charge in [-0.3, -0.25) is 10.2 Å². The van der Waals surface area contributed by atoms with E-state index in [0.29, 0.717) is 0 Å². The van der Waals surface area contributed by atoms with Gasteiger partial charge in [-0.25, -0.2) is 0 Å². The Morgan fingerprint density at radius 3 is 1.85 bits per heavy atom. The van der Waals surface area contributed by atoms with Gasteiger partial charge in [-0.2, -0.15) is 10.2 Å². The molecule has 2 heterocycles. The van der Waals surface area contributed by atoms with E-state index in [4.69, 9.17) is 0 Å². The van der Waals surface area contributed by atoms with Crippen LogP contribution in [0.3, 0.4) is 0 Å². The first-order valence-electron chi connectivity index (χ1n) is 4.41. The Hall–Kier alpha value is -1.58. The van der Waals surface area contributed by atoms with E-state index in [1.807, 2.05) is 12.1 Å². The maximum atomic E-state index is 3.89. The van der Waals surface area contributed by atoms with Gasteiger partial charge in [0.2, 0.25) is 0 Å². The van der Waals surface area contributed by atoms with E-state index in [1.54, 1.807) is 12.4 Å². The van der Waals surface area contributed by atoms with Crippen molar-refractivity contribution in [2.24, 2.45) is 0 Å². The first-order chi connectivity index (χ1) is 6.45. The first kappa shape index (κ1) is 8.04. The predicted octanol–water partition coefficient (Wildman–Crippen LogP) is 1.31. The number of nitrogens with zero attached hydrogens (tertiary/aromatic N) is 2. The van der Waals surface area contributed by atoms with Crippen molar-refractivity contribution in [1.29, 1.82) is 0 Å². The molecule has 68 valence electrons. The third-order valence-electron chi connectivity index (χ3n) is 2.01. The molecule has 2 N–H and O–H groups in total. The molecule has 2 aromatic heterocycles. The Morgan fingerprint density at radius 2 is 1.46 bits per heavy atom. The van der Waals surface area contributed by atoms with Gasteiger partial charge in [-0.15, -0.1) is 0 Å². The van der Waals surface area contributed by atoms with Gasteiger partial charge < -0.3 is 0 Å². The van der Waals surface area contributed by atoms with Crippen molar-refractivity contribution in [3.63, 3.8) is 0 Å². The molecule has 2 aromatic rings. The topological polar surface area (TPSA) is 57.4 Å². The number of rotatable bonds is 4. The van der Waals surface area contributed by atoms with Crippen molar-refractivity contribution in [3.8, 4) is 0 Å². The molecule has 0 spiro atoms. The van der Waals surface area contributed by atoms with Crippen LogP contribution in [-0.2, 0) is 12.8 Å². The van der Waals surface area contributed by atoms with Crippen LogP contribution in [0.2, 0.25) is 0 Å². The smallest absolute Gasteiger partial charge is 0.0490 e. The van der Waals surface area contributed by atoms with Gasteiger partial charge in [-0.05, 0) is 31.4 Å². The van der Waals surface area contributed by atoms with Gasteiger partial charge in [0.1, 0.15) is 0 Å². The Balaban J connectivity index is 1.76. The molecule has 2 rings (SSSR count). The molecule has 4 nitrogen and oxygen atoms in total. The highest BCUT2D eigenvalue weighted by Crippen LogP contribution is 2.02. The van der Waals surface area contributed by atoms with Crippen molar-refractivity contribution in [3.05, 3.63) is 35.9 Å². The van der Waals surface area contributed by atoms with E-state index >= 15 is 0 Å². The van der Waals surface area contributed by atoms with Gasteiger partial charge >= 0.3 is 0 Å². The lowest BCUT2D eigenvalue weighted by atomic mass is 10.1. The van der Waals surface area contributed by atoms with E-state index < -0.39 is 0 Å². The number of aromatic nitrogens is 4. The summed E-state index contributed by atoms with van der Waals surface area (Å²) in [4.78, 5) is 0. The minimum Gasteiger partial charge on any atom is -0.283 e. The summed E-state index contributed by atoms with van der Waals surface area (Å²) in [7, 11) is 0. The molecule has 0 aliphatic heterocycles. The van der Waals surface area contributed by atoms with Gasteiger partial charge in [0.15, 0.2) is 0 Å². The zero-order valence-electron chi connectivity index (χ0n) is 7.33. The normalized spacial score (nSPS) is 10.5. The SMILES string of the molecule is c1cc(CCCc2ccn[nH]2)[nH]n1. The zero-order chi connectivity index (χ0) is 8.93. The molecule has 0 atom stereocenters. The third-order valence-corrected chi connectivity index (χ3v) is 2.01. The van der Waals surface area contributed by atoms with Crippen molar-refractivity contribution in [1.82, 2.24) is 20.4 Å². The number of aryl methyl sites for hydroxylation is 2. The Kier molecular flexibility index (Phi) is 2.40. The Morgan fingerprint density at radius 1 is 0.923 bits per heavy atom. The Bertz CT molecular complexity index is 288. The van der Waals surface area contributed by atoms with Crippen LogP contribution in [0.15, 0.2) is 24.5 Å². The fourth-order valence-corrected chi connectivity index (χ4v) is 1.32. The molecule has 0 fully saturated rings. The average molecular weight is 176 g/mol. The predicted molar refractivity (Wildman–Crippen MR) is 49.2 cm³/mol. The summed E-state index contributed by atoms with van der Waals surface area (Å²) in [5.74, 6) is 0. The molecule has 13 heavy (non-hydrogen) atoms. The highest BCUT2D eigenvalue weighted by Gasteiger charge is 1.96. The fourth-order valence-electron chi connectivity index (χ4n) is 1.32. The molecule has 0 aromatic carbocycles. The molecule has 0 saturated heterocycles. The summed E-state index contributed by atoms with van der Waals surface area (Å²) in [6.45, 7) is 0.